The van der Waals surface area contributed by atoms with Gasteiger partial charge in [0, 0.05) is 5.02 Å². The van der Waals surface area contributed by atoms with Crippen LogP contribution in [-0.2, 0) is 4.79 Å². The molecule has 0 unspecified atom stereocenters. The number of anilines is 1. The van der Waals surface area contributed by atoms with Gasteiger partial charge >= 0.3 is 0 Å². The van der Waals surface area contributed by atoms with Gasteiger partial charge in [-0.3, -0.25) is 4.79 Å². The molecular weight excluding hydrogens is 307 g/mol. The molecule has 2 aromatic rings. The first-order valence-corrected chi connectivity index (χ1v) is 7.35. The van der Waals surface area contributed by atoms with Crippen molar-refractivity contribution in [2.45, 2.75) is 13.0 Å². The summed E-state index contributed by atoms with van der Waals surface area (Å²) >= 11 is 12.1. The van der Waals surface area contributed by atoms with Gasteiger partial charge in [0.25, 0.3) is 0 Å². The molecule has 1 atom stereocenters. The van der Waals surface area contributed by atoms with Crippen molar-refractivity contribution in [2.75, 3.05) is 11.9 Å². The molecule has 0 aromatic heterocycles. The van der Waals surface area contributed by atoms with Crippen LogP contribution in [0.5, 0.6) is 0 Å². The molecule has 0 aliphatic rings. The number of benzene rings is 2. The van der Waals surface area contributed by atoms with Crippen LogP contribution in [0.15, 0.2) is 48.5 Å². The lowest BCUT2D eigenvalue weighted by atomic mass is 10.1. The van der Waals surface area contributed by atoms with Crippen molar-refractivity contribution in [3.63, 3.8) is 0 Å². The molecule has 110 valence electrons. The Kier molecular flexibility index (Phi) is 5.48. The fourth-order valence-electron chi connectivity index (χ4n) is 1.98. The van der Waals surface area contributed by atoms with Crippen molar-refractivity contribution >= 4 is 34.8 Å². The van der Waals surface area contributed by atoms with Crippen LogP contribution in [0.1, 0.15) is 18.5 Å². The smallest absolute Gasteiger partial charge is 0.239 e. The molecule has 0 bridgehead atoms. The molecule has 0 heterocycles. The van der Waals surface area contributed by atoms with Gasteiger partial charge in [-0.1, -0.05) is 53.5 Å². The monoisotopic (exact) mass is 322 g/mol. The van der Waals surface area contributed by atoms with Crippen LogP contribution in [0.25, 0.3) is 0 Å². The highest BCUT2D eigenvalue weighted by atomic mass is 35.5. The van der Waals surface area contributed by atoms with E-state index in [1.165, 1.54) is 0 Å². The summed E-state index contributed by atoms with van der Waals surface area (Å²) in [6.45, 7) is 2.05. The summed E-state index contributed by atoms with van der Waals surface area (Å²) in [5.74, 6) is -0.123. The number of hydrogen-bond donors (Lipinski definition) is 2. The number of carbonyl (C=O) groups is 1. The van der Waals surface area contributed by atoms with Crippen molar-refractivity contribution in [3.8, 4) is 0 Å². The summed E-state index contributed by atoms with van der Waals surface area (Å²) in [5.41, 5.74) is 1.63. The maximum Gasteiger partial charge on any atom is 0.239 e. The Bertz CT molecular complexity index is 631. The fraction of sp³-hybridized carbons (Fsp3) is 0.188. The average Bonchev–Trinajstić information content (AvgIpc) is 2.46. The van der Waals surface area contributed by atoms with Crippen molar-refractivity contribution in [2.24, 2.45) is 0 Å². The van der Waals surface area contributed by atoms with Gasteiger partial charge in [-0.25, -0.2) is 0 Å². The number of para-hydroxylation sites is 1. The van der Waals surface area contributed by atoms with E-state index >= 15 is 0 Å². The Morgan fingerprint density at radius 2 is 1.67 bits per heavy atom. The van der Waals surface area contributed by atoms with Crippen LogP contribution in [0, 0.1) is 0 Å². The van der Waals surface area contributed by atoms with E-state index < -0.39 is 0 Å². The Labute approximate surface area is 134 Å². The minimum Gasteiger partial charge on any atom is -0.375 e. The van der Waals surface area contributed by atoms with E-state index in [2.05, 4.69) is 10.6 Å². The highest BCUT2D eigenvalue weighted by molar-refractivity contribution is 6.33. The average molecular weight is 323 g/mol. The summed E-state index contributed by atoms with van der Waals surface area (Å²) < 4.78 is 0. The first kappa shape index (κ1) is 15.7. The predicted octanol–water partition coefficient (Wildman–Crippen LogP) is 4.28. The maximum atomic E-state index is 12.0. The van der Waals surface area contributed by atoms with E-state index in [1.54, 1.807) is 6.07 Å². The highest BCUT2D eigenvalue weighted by Crippen LogP contribution is 2.22. The van der Waals surface area contributed by atoms with Gasteiger partial charge in [0.05, 0.1) is 23.3 Å². The van der Waals surface area contributed by atoms with E-state index in [-0.39, 0.29) is 18.5 Å². The van der Waals surface area contributed by atoms with Crippen molar-refractivity contribution in [3.05, 3.63) is 64.1 Å². The summed E-state index contributed by atoms with van der Waals surface area (Å²) in [6.07, 6.45) is 0. The van der Waals surface area contributed by atoms with Crippen molar-refractivity contribution < 1.29 is 4.79 Å². The summed E-state index contributed by atoms with van der Waals surface area (Å²) in [4.78, 5) is 12.0. The first-order chi connectivity index (χ1) is 10.1. The largest absolute Gasteiger partial charge is 0.375 e. The van der Waals surface area contributed by atoms with Gasteiger partial charge in [0.1, 0.15) is 0 Å². The molecular formula is C16H16Cl2N2O. The standard InChI is InChI=1S/C16H16Cl2N2O/c1-11(12-6-2-3-7-13(12)17)20-16(21)10-19-15-9-5-4-8-14(15)18/h2-9,11,19H,10H2,1H3,(H,20,21)/t11-/m1/s1. The number of nitrogens with one attached hydrogen (secondary N) is 2. The Balaban J connectivity index is 1.90. The van der Waals surface area contributed by atoms with Crippen LogP contribution in [0.4, 0.5) is 5.69 Å². The first-order valence-electron chi connectivity index (χ1n) is 6.60. The normalized spacial score (nSPS) is 11.8. The SMILES string of the molecule is C[C@@H](NC(=O)CNc1ccccc1Cl)c1ccccc1Cl. The lowest BCUT2D eigenvalue weighted by Crippen LogP contribution is -2.32. The fourth-order valence-corrected chi connectivity index (χ4v) is 2.48. The van der Waals surface area contributed by atoms with E-state index in [0.717, 1.165) is 11.3 Å². The van der Waals surface area contributed by atoms with Crippen molar-refractivity contribution in [1.82, 2.24) is 5.32 Å². The lowest BCUT2D eigenvalue weighted by Gasteiger charge is -2.16. The summed E-state index contributed by atoms with van der Waals surface area (Å²) in [5, 5.41) is 7.14. The molecule has 2 rings (SSSR count). The molecule has 0 radical (unpaired) electrons. The number of amides is 1. The third-order valence-electron chi connectivity index (χ3n) is 3.06. The minimum atomic E-state index is -0.153. The van der Waals surface area contributed by atoms with Crippen LogP contribution >= 0.6 is 23.2 Å². The van der Waals surface area contributed by atoms with Gasteiger partial charge in [-0.15, -0.1) is 0 Å². The zero-order chi connectivity index (χ0) is 15.2. The minimum absolute atomic E-state index is 0.123. The maximum absolute atomic E-state index is 12.0. The topological polar surface area (TPSA) is 41.1 Å². The highest BCUT2D eigenvalue weighted by Gasteiger charge is 2.12. The molecule has 0 aliphatic heterocycles. The molecule has 0 spiro atoms. The molecule has 0 fully saturated rings. The molecule has 2 N–H and O–H groups in total. The predicted molar refractivity (Wildman–Crippen MR) is 88.0 cm³/mol. The van der Waals surface area contributed by atoms with Crippen molar-refractivity contribution in [1.29, 1.82) is 0 Å². The van der Waals surface area contributed by atoms with E-state index in [4.69, 9.17) is 23.2 Å². The van der Waals surface area contributed by atoms with Gasteiger partial charge in [0.2, 0.25) is 5.91 Å². The molecule has 0 aliphatic carbocycles. The second-order valence-electron chi connectivity index (χ2n) is 4.64. The van der Waals surface area contributed by atoms with E-state index in [0.29, 0.717) is 10.0 Å². The van der Waals surface area contributed by atoms with Crippen LogP contribution in [0.3, 0.4) is 0 Å². The number of carbonyl (C=O) groups excluding carboxylic acids is 1. The quantitative estimate of drug-likeness (QED) is 0.862. The molecule has 3 nitrogen and oxygen atoms in total. The Morgan fingerprint density at radius 3 is 2.33 bits per heavy atom. The van der Waals surface area contributed by atoms with Gasteiger partial charge in [0.15, 0.2) is 0 Å². The van der Waals surface area contributed by atoms with Crippen LogP contribution < -0.4 is 10.6 Å². The Morgan fingerprint density at radius 1 is 1.05 bits per heavy atom. The zero-order valence-corrected chi connectivity index (χ0v) is 13.1. The summed E-state index contributed by atoms with van der Waals surface area (Å²) in [6, 6.07) is 14.6. The summed E-state index contributed by atoms with van der Waals surface area (Å²) in [7, 11) is 0. The molecule has 5 heteroatoms. The zero-order valence-electron chi connectivity index (χ0n) is 11.6. The van der Waals surface area contributed by atoms with Crippen LogP contribution in [-0.4, -0.2) is 12.5 Å². The van der Waals surface area contributed by atoms with Gasteiger partial charge < -0.3 is 10.6 Å². The number of rotatable bonds is 5. The molecule has 0 saturated carbocycles. The number of hydrogen-bond acceptors (Lipinski definition) is 2. The van der Waals surface area contributed by atoms with Gasteiger partial charge in [-0.05, 0) is 30.7 Å². The third-order valence-corrected chi connectivity index (χ3v) is 3.74. The molecule has 0 saturated heterocycles. The number of halogens is 2. The second-order valence-corrected chi connectivity index (χ2v) is 5.46. The Hall–Kier alpha value is -1.71. The lowest BCUT2D eigenvalue weighted by molar-refractivity contribution is -0.120. The van der Waals surface area contributed by atoms with E-state index in [1.807, 2.05) is 49.4 Å². The van der Waals surface area contributed by atoms with Crippen LogP contribution in [0.2, 0.25) is 10.0 Å². The third kappa shape index (κ3) is 4.38. The van der Waals surface area contributed by atoms with E-state index in [9.17, 15) is 4.79 Å². The molecule has 2 aromatic carbocycles. The molecule has 21 heavy (non-hydrogen) atoms. The second kappa shape index (κ2) is 7.34. The molecule has 1 amide bonds. The van der Waals surface area contributed by atoms with Gasteiger partial charge in [-0.2, -0.15) is 0 Å².